The molecular weight excluding hydrogens is 346 g/mol. The minimum absolute atomic E-state index is 0.330. The number of anilines is 2. The zero-order chi connectivity index (χ0) is 18.5. The maximum atomic E-state index is 6.00. The third-order valence-electron chi connectivity index (χ3n) is 4.03. The van der Waals surface area contributed by atoms with Gasteiger partial charge in [0.1, 0.15) is 12.2 Å². The summed E-state index contributed by atoms with van der Waals surface area (Å²) >= 11 is 1.68. The molecule has 3 rings (SSSR count). The van der Waals surface area contributed by atoms with E-state index in [0.717, 1.165) is 28.4 Å². The molecule has 0 aliphatic rings. The number of nitrogens with two attached hydrogens (primary N) is 1. The van der Waals surface area contributed by atoms with Crippen LogP contribution < -0.4 is 11.1 Å². The van der Waals surface area contributed by atoms with Crippen LogP contribution in [0.1, 0.15) is 25.7 Å². The van der Waals surface area contributed by atoms with Gasteiger partial charge in [-0.3, -0.25) is 0 Å². The maximum absolute atomic E-state index is 6.00. The average Bonchev–Trinajstić information content (AvgIpc) is 3.12. The predicted octanol–water partition coefficient (Wildman–Crippen LogP) is 3.27. The summed E-state index contributed by atoms with van der Waals surface area (Å²) in [5, 5.41) is 11.4. The second-order valence-corrected chi connectivity index (χ2v) is 6.96. The quantitative estimate of drug-likeness (QED) is 0.617. The van der Waals surface area contributed by atoms with Crippen molar-refractivity contribution in [2.24, 2.45) is 0 Å². The SMILES string of the molecule is CSc1ccccc1-c1cnc(N)c(NCCc2nncn2C(C)C)n1. The van der Waals surface area contributed by atoms with Gasteiger partial charge >= 0.3 is 0 Å². The molecule has 7 nitrogen and oxygen atoms in total. The lowest BCUT2D eigenvalue weighted by Crippen LogP contribution is -2.13. The Balaban J connectivity index is 1.75. The van der Waals surface area contributed by atoms with E-state index < -0.39 is 0 Å². The van der Waals surface area contributed by atoms with Gasteiger partial charge in [0.15, 0.2) is 11.6 Å². The van der Waals surface area contributed by atoms with Crippen LogP contribution in [0.2, 0.25) is 0 Å². The largest absolute Gasteiger partial charge is 0.381 e. The Morgan fingerprint density at radius 3 is 2.85 bits per heavy atom. The summed E-state index contributed by atoms with van der Waals surface area (Å²) in [7, 11) is 0. The number of nitrogens with zero attached hydrogens (tertiary/aromatic N) is 5. The van der Waals surface area contributed by atoms with Crippen molar-refractivity contribution in [1.82, 2.24) is 24.7 Å². The van der Waals surface area contributed by atoms with Crippen LogP contribution in [0.5, 0.6) is 0 Å². The standard InChI is InChI=1S/C18H23N7S/c1-12(2)25-11-22-24-16(25)8-9-20-18-17(19)21-10-14(23-18)13-6-4-5-7-15(13)26-3/h4-7,10-12H,8-9H2,1-3H3,(H2,19,21)(H,20,23). The molecule has 0 radical (unpaired) electrons. The molecule has 136 valence electrons. The van der Waals surface area contributed by atoms with Crippen LogP contribution in [0.4, 0.5) is 11.6 Å². The molecule has 0 unspecified atom stereocenters. The number of thioether (sulfide) groups is 1. The molecule has 1 aromatic carbocycles. The van der Waals surface area contributed by atoms with Crippen LogP contribution in [-0.2, 0) is 6.42 Å². The van der Waals surface area contributed by atoms with Crippen molar-refractivity contribution in [3.63, 3.8) is 0 Å². The molecular formula is C18H23N7S. The summed E-state index contributed by atoms with van der Waals surface area (Å²) in [6, 6.07) is 8.46. The van der Waals surface area contributed by atoms with Crippen molar-refractivity contribution in [2.45, 2.75) is 31.2 Å². The summed E-state index contributed by atoms with van der Waals surface area (Å²) in [5.41, 5.74) is 7.85. The van der Waals surface area contributed by atoms with E-state index in [1.165, 1.54) is 0 Å². The molecule has 2 heterocycles. The number of rotatable bonds is 7. The van der Waals surface area contributed by atoms with Crippen LogP contribution in [0.25, 0.3) is 11.3 Å². The number of nitrogen functional groups attached to an aromatic ring is 1. The van der Waals surface area contributed by atoms with E-state index in [1.807, 2.05) is 24.5 Å². The molecule has 3 N–H and O–H groups in total. The van der Waals surface area contributed by atoms with Crippen LogP contribution in [0, 0.1) is 0 Å². The number of benzene rings is 1. The third-order valence-corrected chi connectivity index (χ3v) is 4.82. The van der Waals surface area contributed by atoms with E-state index in [2.05, 4.69) is 50.0 Å². The topological polar surface area (TPSA) is 94.5 Å². The maximum Gasteiger partial charge on any atom is 0.169 e. The number of hydrogen-bond acceptors (Lipinski definition) is 7. The third kappa shape index (κ3) is 3.96. The highest BCUT2D eigenvalue weighted by atomic mass is 32.2. The van der Waals surface area contributed by atoms with E-state index >= 15 is 0 Å². The van der Waals surface area contributed by atoms with Crippen molar-refractivity contribution in [1.29, 1.82) is 0 Å². The summed E-state index contributed by atoms with van der Waals surface area (Å²) < 4.78 is 2.06. The average molecular weight is 369 g/mol. The second-order valence-electron chi connectivity index (χ2n) is 6.11. The molecule has 0 fully saturated rings. The lowest BCUT2D eigenvalue weighted by atomic mass is 10.1. The molecule has 0 bridgehead atoms. The van der Waals surface area contributed by atoms with E-state index in [0.29, 0.717) is 24.2 Å². The smallest absolute Gasteiger partial charge is 0.169 e. The molecule has 0 spiro atoms. The van der Waals surface area contributed by atoms with Gasteiger partial charge in [-0.15, -0.1) is 22.0 Å². The van der Waals surface area contributed by atoms with Crippen LogP contribution in [0.3, 0.4) is 0 Å². The zero-order valence-electron chi connectivity index (χ0n) is 15.2. The second kappa shape index (κ2) is 8.18. The van der Waals surface area contributed by atoms with Crippen LogP contribution in [-0.4, -0.2) is 37.5 Å². The normalized spacial score (nSPS) is 11.1. The van der Waals surface area contributed by atoms with Crippen molar-refractivity contribution in [3.8, 4) is 11.3 Å². The lowest BCUT2D eigenvalue weighted by molar-refractivity contribution is 0.568. The highest BCUT2D eigenvalue weighted by Crippen LogP contribution is 2.29. The first-order valence-electron chi connectivity index (χ1n) is 8.48. The fourth-order valence-corrected chi connectivity index (χ4v) is 3.29. The van der Waals surface area contributed by atoms with E-state index in [-0.39, 0.29) is 0 Å². The van der Waals surface area contributed by atoms with Crippen LogP contribution >= 0.6 is 11.8 Å². The first kappa shape index (κ1) is 18.2. The fraction of sp³-hybridized carbons (Fsp3) is 0.333. The minimum atomic E-state index is 0.330. The Bertz CT molecular complexity index is 875. The Labute approximate surface area is 157 Å². The van der Waals surface area contributed by atoms with Gasteiger partial charge in [-0.1, -0.05) is 18.2 Å². The van der Waals surface area contributed by atoms with Crippen molar-refractivity contribution >= 4 is 23.4 Å². The molecule has 0 saturated carbocycles. The lowest BCUT2D eigenvalue weighted by Gasteiger charge is -2.12. The highest BCUT2D eigenvalue weighted by Gasteiger charge is 2.11. The highest BCUT2D eigenvalue weighted by molar-refractivity contribution is 7.98. The van der Waals surface area contributed by atoms with Gasteiger partial charge < -0.3 is 15.6 Å². The van der Waals surface area contributed by atoms with E-state index in [1.54, 1.807) is 24.3 Å². The molecule has 0 aliphatic carbocycles. The zero-order valence-corrected chi connectivity index (χ0v) is 16.0. The molecule has 0 amide bonds. The monoisotopic (exact) mass is 369 g/mol. The molecule has 2 aromatic heterocycles. The predicted molar refractivity (Wildman–Crippen MR) is 106 cm³/mol. The Morgan fingerprint density at radius 2 is 2.08 bits per heavy atom. The molecule has 26 heavy (non-hydrogen) atoms. The molecule has 3 aromatic rings. The summed E-state index contributed by atoms with van der Waals surface area (Å²) in [6.45, 7) is 4.87. The minimum Gasteiger partial charge on any atom is -0.381 e. The first-order chi connectivity index (χ1) is 12.6. The van der Waals surface area contributed by atoms with Crippen molar-refractivity contribution < 1.29 is 0 Å². The summed E-state index contributed by atoms with van der Waals surface area (Å²) in [5.74, 6) is 1.91. The first-order valence-corrected chi connectivity index (χ1v) is 9.70. The fourth-order valence-electron chi connectivity index (χ4n) is 2.68. The summed E-state index contributed by atoms with van der Waals surface area (Å²) in [6.07, 6.45) is 6.25. The van der Waals surface area contributed by atoms with Gasteiger partial charge in [-0.2, -0.15) is 0 Å². The Morgan fingerprint density at radius 1 is 1.27 bits per heavy atom. The van der Waals surface area contributed by atoms with Gasteiger partial charge in [0.2, 0.25) is 0 Å². The molecule has 0 atom stereocenters. The van der Waals surface area contributed by atoms with E-state index in [4.69, 9.17) is 5.73 Å². The van der Waals surface area contributed by atoms with Gasteiger partial charge in [0.25, 0.3) is 0 Å². The molecule has 8 heteroatoms. The van der Waals surface area contributed by atoms with Crippen LogP contribution in [0.15, 0.2) is 41.7 Å². The Hall–Kier alpha value is -2.61. The van der Waals surface area contributed by atoms with Gasteiger partial charge in [0, 0.05) is 29.5 Å². The molecule has 0 saturated heterocycles. The number of nitrogens with one attached hydrogen (secondary N) is 1. The molecule has 0 aliphatic heterocycles. The number of hydrogen-bond donors (Lipinski definition) is 2. The van der Waals surface area contributed by atoms with Gasteiger partial charge in [-0.25, -0.2) is 9.97 Å². The van der Waals surface area contributed by atoms with Gasteiger partial charge in [-0.05, 0) is 26.2 Å². The van der Waals surface area contributed by atoms with Crippen molar-refractivity contribution in [3.05, 3.63) is 42.6 Å². The van der Waals surface area contributed by atoms with Gasteiger partial charge in [0.05, 0.1) is 11.9 Å². The Kier molecular flexibility index (Phi) is 5.72. The summed E-state index contributed by atoms with van der Waals surface area (Å²) in [4.78, 5) is 10.1. The van der Waals surface area contributed by atoms with E-state index in [9.17, 15) is 0 Å². The van der Waals surface area contributed by atoms with Crippen molar-refractivity contribution in [2.75, 3.05) is 23.9 Å². The number of aromatic nitrogens is 5.